The monoisotopic (exact) mass is 443 g/mol. The van der Waals surface area contributed by atoms with E-state index in [0.29, 0.717) is 13.0 Å². The highest BCUT2D eigenvalue weighted by atomic mass is 16.2. The van der Waals surface area contributed by atoms with E-state index in [1.54, 1.807) is 11.8 Å². The number of hydrogen-bond acceptors (Lipinski definition) is 3. The van der Waals surface area contributed by atoms with Gasteiger partial charge in [0.25, 0.3) is 5.91 Å². The van der Waals surface area contributed by atoms with Crippen LogP contribution in [-0.4, -0.2) is 24.4 Å². The Morgan fingerprint density at radius 3 is 2.18 bits per heavy atom. The predicted octanol–water partition coefficient (Wildman–Crippen LogP) is 4.39. The van der Waals surface area contributed by atoms with E-state index in [4.69, 9.17) is 5.73 Å². The number of carbonyl (C=O) groups is 2. The number of anilines is 1. The van der Waals surface area contributed by atoms with Crippen molar-refractivity contribution < 1.29 is 9.59 Å². The molecule has 2 amide bonds. The fourth-order valence-electron chi connectivity index (χ4n) is 3.62. The van der Waals surface area contributed by atoms with Crippen LogP contribution in [0.3, 0.4) is 0 Å². The van der Waals surface area contributed by atoms with Crippen molar-refractivity contribution in [2.45, 2.75) is 46.2 Å². The van der Waals surface area contributed by atoms with Crippen molar-refractivity contribution in [3.63, 3.8) is 0 Å². The molecule has 0 aliphatic heterocycles. The Morgan fingerprint density at radius 2 is 1.58 bits per heavy atom. The van der Waals surface area contributed by atoms with Gasteiger partial charge in [-0.05, 0) is 68.5 Å². The van der Waals surface area contributed by atoms with Crippen molar-refractivity contribution in [1.29, 1.82) is 0 Å². The van der Waals surface area contributed by atoms with Crippen LogP contribution in [0, 0.1) is 20.8 Å². The number of rotatable bonds is 8. The van der Waals surface area contributed by atoms with Gasteiger partial charge >= 0.3 is 0 Å². The third kappa shape index (κ3) is 6.30. The average molecular weight is 444 g/mol. The van der Waals surface area contributed by atoms with Crippen molar-refractivity contribution in [3.8, 4) is 0 Å². The van der Waals surface area contributed by atoms with E-state index in [-0.39, 0.29) is 11.8 Å². The van der Waals surface area contributed by atoms with Gasteiger partial charge in [-0.2, -0.15) is 0 Å². The van der Waals surface area contributed by atoms with Gasteiger partial charge in [-0.15, -0.1) is 0 Å². The summed E-state index contributed by atoms with van der Waals surface area (Å²) in [4.78, 5) is 28.2. The number of nitrogens with one attached hydrogen (secondary N) is 1. The second-order valence-electron chi connectivity index (χ2n) is 8.63. The first-order valence-electron chi connectivity index (χ1n) is 11.3. The molecule has 0 aliphatic carbocycles. The molecule has 3 aromatic carbocycles. The molecule has 0 bridgehead atoms. The maximum atomic E-state index is 13.9. The minimum Gasteiger partial charge on any atom is -0.339 e. The van der Waals surface area contributed by atoms with Gasteiger partial charge in [-0.25, -0.2) is 0 Å². The highest BCUT2D eigenvalue weighted by Gasteiger charge is 2.29. The van der Waals surface area contributed by atoms with Gasteiger partial charge < -0.3 is 16.0 Å². The number of nitrogens with two attached hydrogens (primary N) is 1. The Kier molecular flexibility index (Phi) is 8.01. The van der Waals surface area contributed by atoms with Crippen molar-refractivity contribution in [2.24, 2.45) is 5.73 Å². The third-order valence-corrected chi connectivity index (χ3v) is 5.89. The van der Waals surface area contributed by atoms with Crippen LogP contribution in [0.5, 0.6) is 0 Å². The molecule has 0 fully saturated rings. The smallest absolute Gasteiger partial charge is 0.254 e. The number of amides is 2. The van der Waals surface area contributed by atoms with Crippen molar-refractivity contribution >= 4 is 17.5 Å². The van der Waals surface area contributed by atoms with E-state index < -0.39 is 12.1 Å². The third-order valence-electron chi connectivity index (χ3n) is 5.89. The molecule has 0 radical (unpaired) electrons. The fraction of sp³-hybridized carbons (Fsp3) is 0.286. The summed E-state index contributed by atoms with van der Waals surface area (Å²) in [6, 6.07) is 22.1. The molecule has 3 aromatic rings. The Bertz CT molecular complexity index is 1090. The molecular formula is C28H33N3O2. The lowest BCUT2D eigenvalue weighted by atomic mass is 10.0. The van der Waals surface area contributed by atoms with Gasteiger partial charge in [0.05, 0.1) is 6.04 Å². The molecule has 2 atom stereocenters. The molecule has 172 valence electrons. The lowest BCUT2D eigenvalue weighted by molar-refractivity contribution is -0.128. The van der Waals surface area contributed by atoms with Gasteiger partial charge in [-0.3, -0.25) is 9.59 Å². The Labute approximate surface area is 196 Å². The minimum absolute atomic E-state index is 0.189. The molecule has 5 nitrogen and oxygen atoms in total. The Hall–Kier alpha value is -3.44. The molecular weight excluding hydrogens is 410 g/mol. The van der Waals surface area contributed by atoms with Crippen LogP contribution in [0.2, 0.25) is 0 Å². The van der Waals surface area contributed by atoms with Gasteiger partial charge in [0.15, 0.2) is 0 Å². The number of nitrogens with zero attached hydrogens (tertiary/aromatic N) is 1. The summed E-state index contributed by atoms with van der Waals surface area (Å²) in [6.45, 7) is 8.24. The number of hydrogen-bond donors (Lipinski definition) is 2. The van der Waals surface area contributed by atoms with Crippen LogP contribution in [-0.2, 0) is 16.0 Å². The van der Waals surface area contributed by atoms with Crippen LogP contribution in [0.15, 0.2) is 72.8 Å². The molecule has 0 heterocycles. The fourth-order valence-corrected chi connectivity index (χ4v) is 3.62. The van der Waals surface area contributed by atoms with Gasteiger partial charge in [-0.1, -0.05) is 66.2 Å². The van der Waals surface area contributed by atoms with Crippen molar-refractivity contribution in [1.82, 2.24) is 5.32 Å². The SMILES string of the molecule is Cc1ccc(CCN(C(=O)[C@@H](NC(=O)[C@H](C)N)c2ccccc2)c2ccc(C)c(C)c2)cc1. The predicted molar refractivity (Wildman–Crippen MR) is 134 cm³/mol. The molecule has 0 aromatic heterocycles. The summed E-state index contributed by atoms with van der Waals surface area (Å²) < 4.78 is 0. The Balaban J connectivity index is 1.97. The first-order valence-corrected chi connectivity index (χ1v) is 11.3. The zero-order chi connectivity index (χ0) is 24.0. The minimum atomic E-state index is -0.829. The van der Waals surface area contributed by atoms with Gasteiger partial charge in [0, 0.05) is 12.2 Å². The molecule has 3 rings (SSSR count). The summed E-state index contributed by atoms with van der Waals surface area (Å²) in [5.41, 5.74) is 11.9. The molecule has 0 spiro atoms. The number of benzene rings is 3. The van der Waals surface area contributed by atoms with E-state index in [2.05, 4.69) is 36.5 Å². The first-order chi connectivity index (χ1) is 15.8. The maximum absolute atomic E-state index is 13.9. The zero-order valence-electron chi connectivity index (χ0n) is 19.8. The summed E-state index contributed by atoms with van der Waals surface area (Å²) >= 11 is 0. The topological polar surface area (TPSA) is 75.4 Å². The van der Waals surface area contributed by atoms with E-state index in [1.807, 2.05) is 62.4 Å². The molecule has 5 heteroatoms. The van der Waals surface area contributed by atoms with Crippen LogP contribution >= 0.6 is 0 Å². The largest absolute Gasteiger partial charge is 0.339 e. The van der Waals surface area contributed by atoms with Crippen LogP contribution < -0.4 is 16.0 Å². The van der Waals surface area contributed by atoms with Crippen LogP contribution in [0.25, 0.3) is 0 Å². The van der Waals surface area contributed by atoms with Crippen molar-refractivity contribution in [2.75, 3.05) is 11.4 Å². The molecule has 0 saturated carbocycles. The Morgan fingerprint density at radius 1 is 0.909 bits per heavy atom. The molecule has 0 aliphatic rings. The van der Waals surface area contributed by atoms with Crippen molar-refractivity contribution in [3.05, 3.63) is 101 Å². The summed E-state index contributed by atoms with van der Waals surface area (Å²) in [7, 11) is 0. The van der Waals surface area contributed by atoms with E-state index in [0.717, 1.165) is 27.9 Å². The standard InChI is InChI=1S/C28H33N3O2/c1-19-10-13-23(14-11-19)16-17-31(25-15-12-20(2)21(3)18-25)28(33)26(30-27(32)22(4)29)24-8-6-5-7-9-24/h5-15,18,22,26H,16-17,29H2,1-4H3,(H,30,32)/t22-,26-/m0/s1. The highest BCUT2D eigenvalue weighted by Crippen LogP contribution is 2.24. The lowest BCUT2D eigenvalue weighted by Crippen LogP contribution is -2.47. The van der Waals surface area contributed by atoms with Crippen LogP contribution in [0.1, 0.15) is 40.8 Å². The lowest BCUT2D eigenvalue weighted by Gasteiger charge is -2.29. The van der Waals surface area contributed by atoms with E-state index >= 15 is 0 Å². The highest BCUT2D eigenvalue weighted by molar-refractivity contribution is 6.00. The number of aryl methyl sites for hydroxylation is 3. The first kappa shape index (κ1) is 24.2. The van der Waals surface area contributed by atoms with Gasteiger partial charge in [0.2, 0.25) is 5.91 Å². The molecule has 0 unspecified atom stereocenters. The molecule has 33 heavy (non-hydrogen) atoms. The second kappa shape index (κ2) is 10.9. The maximum Gasteiger partial charge on any atom is 0.254 e. The zero-order valence-corrected chi connectivity index (χ0v) is 19.8. The summed E-state index contributed by atoms with van der Waals surface area (Å²) in [6.07, 6.45) is 0.696. The molecule has 0 saturated heterocycles. The summed E-state index contributed by atoms with van der Waals surface area (Å²) in [5, 5.41) is 2.86. The quantitative estimate of drug-likeness (QED) is 0.542. The summed E-state index contributed by atoms with van der Waals surface area (Å²) in [5.74, 6) is -0.554. The average Bonchev–Trinajstić information content (AvgIpc) is 2.81. The second-order valence-corrected chi connectivity index (χ2v) is 8.63. The van der Waals surface area contributed by atoms with Gasteiger partial charge in [0.1, 0.15) is 6.04 Å². The normalized spacial score (nSPS) is 12.6. The molecule has 3 N–H and O–H groups in total. The number of carbonyl (C=O) groups excluding carboxylic acids is 2. The van der Waals surface area contributed by atoms with Crippen LogP contribution in [0.4, 0.5) is 5.69 Å². The van der Waals surface area contributed by atoms with E-state index in [1.165, 1.54) is 5.56 Å². The van der Waals surface area contributed by atoms with E-state index in [9.17, 15) is 9.59 Å².